The van der Waals surface area contributed by atoms with Gasteiger partial charge in [-0.3, -0.25) is 14.7 Å². The molecule has 0 aromatic carbocycles. The molecular weight excluding hydrogens is 323 g/mol. The Hall–Kier alpha value is -2.16. The zero-order valence-electron chi connectivity index (χ0n) is 13.2. The van der Waals surface area contributed by atoms with E-state index < -0.39 is 23.5 Å². The number of aromatic amines is 1. The highest BCUT2D eigenvalue weighted by atomic mass is 19.4. The summed E-state index contributed by atoms with van der Waals surface area (Å²) in [6, 6.07) is 2.57. The molecule has 1 fully saturated rings. The number of aromatic nitrogens is 2. The Balaban J connectivity index is 1.98. The van der Waals surface area contributed by atoms with Gasteiger partial charge in [0.2, 0.25) is 0 Å². The minimum absolute atomic E-state index is 0.0781. The fourth-order valence-corrected chi connectivity index (χ4v) is 3.11. The first-order chi connectivity index (χ1) is 11.4. The summed E-state index contributed by atoms with van der Waals surface area (Å²) >= 11 is 0. The van der Waals surface area contributed by atoms with Crippen molar-refractivity contribution in [2.75, 3.05) is 20.1 Å². The number of nitrogens with zero attached hydrogens (tertiary/aromatic N) is 4. The van der Waals surface area contributed by atoms with Crippen LogP contribution in [0, 0.1) is 0 Å². The van der Waals surface area contributed by atoms with Crippen LogP contribution in [0.15, 0.2) is 33.7 Å². The first kappa shape index (κ1) is 16.7. The van der Waals surface area contributed by atoms with Crippen LogP contribution in [0.4, 0.5) is 13.2 Å². The highest BCUT2D eigenvalue weighted by Gasteiger charge is 2.45. The van der Waals surface area contributed by atoms with Gasteiger partial charge in [-0.15, -0.1) is 0 Å². The zero-order chi connectivity index (χ0) is 17.3. The third-order valence-electron chi connectivity index (χ3n) is 4.20. The Morgan fingerprint density at radius 3 is 2.50 bits per heavy atom. The predicted molar refractivity (Wildman–Crippen MR) is 82.5 cm³/mol. The fourth-order valence-electron chi connectivity index (χ4n) is 3.11. The van der Waals surface area contributed by atoms with Gasteiger partial charge < -0.3 is 0 Å². The van der Waals surface area contributed by atoms with E-state index in [2.05, 4.69) is 15.3 Å². The molecular formula is C15H18F3N5O. The number of halogens is 3. The van der Waals surface area contributed by atoms with Gasteiger partial charge in [0.05, 0.1) is 5.57 Å². The number of piperidine rings is 1. The number of H-pyrrole nitrogens is 1. The van der Waals surface area contributed by atoms with Crippen molar-refractivity contribution in [3.8, 4) is 0 Å². The van der Waals surface area contributed by atoms with Crippen molar-refractivity contribution in [2.45, 2.75) is 31.6 Å². The first-order valence-corrected chi connectivity index (χ1v) is 7.76. The Kier molecular flexibility index (Phi) is 4.44. The molecule has 0 saturated carbocycles. The Morgan fingerprint density at radius 1 is 1.21 bits per heavy atom. The van der Waals surface area contributed by atoms with Gasteiger partial charge in [-0.2, -0.15) is 23.4 Å². The molecule has 0 aliphatic carbocycles. The van der Waals surface area contributed by atoms with Crippen LogP contribution in [-0.2, 0) is 0 Å². The lowest BCUT2D eigenvalue weighted by Gasteiger charge is -2.42. The van der Waals surface area contributed by atoms with Crippen molar-refractivity contribution in [3.05, 3.63) is 39.8 Å². The minimum Gasteiger partial charge on any atom is -0.278 e. The van der Waals surface area contributed by atoms with Gasteiger partial charge in [-0.05, 0) is 25.0 Å². The number of nitrogens with one attached hydrogen (secondary N) is 1. The smallest absolute Gasteiger partial charge is 0.278 e. The Labute approximate surface area is 136 Å². The van der Waals surface area contributed by atoms with Crippen LogP contribution >= 0.6 is 0 Å². The van der Waals surface area contributed by atoms with Crippen molar-refractivity contribution >= 4 is 5.71 Å². The van der Waals surface area contributed by atoms with E-state index in [4.69, 9.17) is 0 Å². The molecule has 1 N–H and O–H groups in total. The molecule has 6 nitrogen and oxygen atoms in total. The zero-order valence-corrected chi connectivity index (χ0v) is 13.2. The summed E-state index contributed by atoms with van der Waals surface area (Å²) in [7, 11) is 1.53. The normalized spacial score (nSPS) is 23.0. The number of likely N-dealkylation sites (N-methyl/N-ethyl adjacent to an activating group) is 1. The van der Waals surface area contributed by atoms with Gasteiger partial charge in [-0.1, -0.05) is 6.42 Å². The number of rotatable bonds is 2. The second kappa shape index (κ2) is 6.39. The molecule has 3 heterocycles. The van der Waals surface area contributed by atoms with E-state index in [0.717, 1.165) is 25.3 Å². The quantitative estimate of drug-likeness (QED) is 0.890. The number of alkyl halides is 3. The molecule has 0 bridgehead atoms. The monoisotopic (exact) mass is 341 g/mol. The van der Waals surface area contributed by atoms with Crippen molar-refractivity contribution < 1.29 is 13.2 Å². The van der Waals surface area contributed by atoms with Crippen LogP contribution in [0.5, 0.6) is 0 Å². The number of likely N-dealkylation sites (tertiary alicyclic amines) is 1. The summed E-state index contributed by atoms with van der Waals surface area (Å²) in [4.78, 5) is 12.9. The highest BCUT2D eigenvalue weighted by molar-refractivity contribution is 6.08. The second-order valence-electron chi connectivity index (χ2n) is 5.93. The largest absolute Gasteiger partial charge is 0.416 e. The predicted octanol–water partition coefficient (Wildman–Crippen LogP) is 1.72. The fraction of sp³-hybridized carbons (Fsp3) is 0.533. The van der Waals surface area contributed by atoms with Gasteiger partial charge in [0, 0.05) is 26.2 Å². The van der Waals surface area contributed by atoms with E-state index in [1.165, 1.54) is 24.2 Å². The maximum absolute atomic E-state index is 13.6. The molecule has 9 heteroatoms. The Bertz CT molecular complexity index is 698. The lowest BCUT2D eigenvalue weighted by atomic mass is 10.0. The summed E-state index contributed by atoms with van der Waals surface area (Å²) in [5, 5.41) is 11.6. The van der Waals surface area contributed by atoms with Crippen LogP contribution in [0.25, 0.3) is 0 Å². The molecule has 24 heavy (non-hydrogen) atoms. The van der Waals surface area contributed by atoms with Crippen molar-refractivity contribution in [1.29, 1.82) is 0 Å². The average molecular weight is 341 g/mol. The molecule has 2 aliphatic heterocycles. The summed E-state index contributed by atoms with van der Waals surface area (Å²) in [5.41, 5.74) is -0.811. The molecule has 1 aromatic heterocycles. The van der Waals surface area contributed by atoms with Crippen LogP contribution in [0.2, 0.25) is 0 Å². The molecule has 1 saturated heterocycles. The van der Waals surface area contributed by atoms with E-state index in [1.54, 1.807) is 0 Å². The summed E-state index contributed by atoms with van der Waals surface area (Å²) in [6.45, 7) is 1.23. The van der Waals surface area contributed by atoms with Gasteiger partial charge in [0.1, 0.15) is 17.6 Å². The van der Waals surface area contributed by atoms with Crippen molar-refractivity contribution in [2.24, 2.45) is 5.10 Å². The standard InChI is InChI=1S/C15H18F3N5O/c1-22-14(23-7-3-2-4-8-23)10(15(16,17)18)9-12(21-22)11-5-6-13(24)20-19-11/h5-6,9,14H,2-4,7-8H2,1H3,(H,20,24). The van der Waals surface area contributed by atoms with Crippen LogP contribution in [-0.4, -0.2) is 58.3 Å². The number of allylic oxidation sites excluding steroid dienone is 1. The molecule has 1 unspecified atom stereocenters. The molecule has 0 radical (unpaired) electrons. The van der Waals surface area contributed by atoms with Gasteiger partial charge >= 0.3 is 6.18 Å². The lowest BCUT2D eigenvalue weighted by molar-refractivity contribution is -0.113. The third kappa shape index (κ3) is 3.35. The Morgan fingerprint density at radius 2 is 1.92 bits per heavy atom. The molecule has 2 aliphatic rings. The van der Waals surface area contributed by atoms with Crippen molar-refractivity contribution in [1.82, 2.24) is 20.1 Å². The van der Waals surface area contributed by atoms with Gasteiger partial charge in [0.25, 0.3) is 5.56 Å². The van der Waals surface area contributed by atoms with Gasteiger partial charge in [-0.25, -0.2) is 5.10 Å². The van der Waals surface area contributed by atoms with E-state index in [-0.39, 0.29) is 11.4 Å². The maximum atomic E-state index is 13.6. The van der Waals surface area contributed by atoms with Crippen molar-refractivity contribution in [3.63, 3.8) is 0 Å². The lowest BCUT2D eigenvalue weighted by Crippen LogP contribution is -2.52. The summed E-state index contributed by atoms with van der Waals surface area (Å²) < 4.78 is 40.9. The minimum atomic E-state index is -4.47. The van der Waals surface area contributed by atoms with Crippen LogP contribution in [0.3, 0.4) is 0 Å². The summed E-state index contributed by atoms with van der Waals surface area (Å²) in [6.07, 6.45) is -1.58. The number of hydrogen-bond acceptors (Lipinski definition) is 5. The summed E-state index contributed by atoms with van der Waals surface area (Å²) in [5.74, 6) is 0. The second-order valence-corrected chi connectivity index (χ2v) is 5.93. The van der Waals surface area contributed by atoms with E-state index >= 15 is 0 Å². The molecule has 130 valence electrons. The topological polar surface area (TPSA) is 64.6 Å². The molecule has 1 atom stereocenters. The van der Waals surface area contributed by atoms with E-state index in [9.17, 15) is 18.0 Å². The van der Waals surface area contributed by atoms with E-state index in [0.29, 0.717) is 13.1 Å². The maximum Gasteiger partial charge on any atom is 0.416 e. The SMILES string of the molecule is CN1N=C(c2ccc(=O)[nH]n2)C=C(C(F)(F)F)C1N1CCCCC1. The van der Waals surface area contributed by atoms with Gasteiger partial charge in [0.15, 0.2) is 0 Å². The third-order valence-corrected chi connectivity index (χ3v) is 4.20. The first-order valence-electron chi connectivity index (χ1n) is 7.76. The highest BCUT2D eigenvalue weighted by Crippen LogP contribution is 2.35. The molecule has 1 aromatic rings. The molecule has 0 spiro atoms. The van der Waals surface area contributed by atoms with Crippen LogP contribution in [0.1, 0.15) is 25.0 Å². The molecule has 3 rings (SSSR count). The van der Waals surface area contributed by atoms with Crippen LogP contribution < -0.4 is 5.56 Å². The average Bonchev–Trinajstić information content (AvgIpc) is 2.55. The van der Waals surface area contributed by atoms with E-state index in [1.807, 2.05) is 4.90 Å². The molecule has 0 amide bonds. The number of hydrazone groups is 1. The number of hydrogen-bond donors (Lipinski definition) is 1.